The molecular weight excluding hydrogens is 200 g/mol. The maximum atomic E-state index is 6.01. The summed E-state index contributed by atoms with van der Waals surface area (Å²) in [5, 5.41) is 3.73. The second kappa shape index (κ2) is 5.48. The Morgan fingerprint density at radius 2 is 2.19 bits per heavy atom. The van der Waals surface area contributed by atoms with Crippen LogP contribution in [-0.2, 0) is 4.74 Å². The van der Waals surface area contributed by atoms with Crippen LogP contribution in [0.3, 0.4) is 0 Å². The quantitative estimate of drug-likeness (QED) is 0.766. The molecule has 0 radical (unpaired) electrons. The number of ether oxygens (including phenoxy) is 1. The molecule has 16 heavy (non-hydrogen) atoms. The van der Waals surface area contributed by atoms with Crippen LogP contribution in [-0.4, -0.2) is 31.3 Å². The Hall–Kier alpha value is -0.120. The van der Waals surface area contributed by atoms with Crippen molar-refractivity contribution in [2.24, 2.45) is 11.7 Å². The average molecular weight is 226 g/mol. The molecule has 1 saturated heterocycles. The molecule has 3 atom stereocenters. The maximum absolute atomic E-state index is 6.01. The smallest absolute Gasteiger partial charge is 0.0700 e. The van der Waals surface area contributed by atoms with Crippen LogP contribution in [0, 0.1) is 5.92 Å². The molecule has 94 valence electrons. The highest BCUT2D eigenvalue weighted by atomic mass is 16.5. The molecule has 2 rings (SSSR count). The first-order chi connectivity index (χ1) is 7.77. The molecule has 3 N–H and O–H groups in total. The Morgan fingerprint density at radius 1 is 1.31 bits per heavy atom. The standard InChI is InChI=1S/C13H26N2O/c1-11-5-2-3-7-13(11,10-14)15-9-12-6-4-8-16-12/h11-12,15H,2-10,14H2,1H3. The van der Waals surface area contributed by atoms with Gasteiger partial charge in [-0.2, -0.15) is 0 Å². The van der Waals surface area contributed by atoms with E-state index in [2.05, 4.69) is 12.2 Å². The summed E-state index contributed by atoms with van der Waals surface area (Å²) in [6, 6.07) is 0. The molecular formula is C13H26N2O. The molecule has 1 aliphatic heterocycles. The molecule has 0 spiro atoms. The number of hydrogen-bond acceptors (Lipinski definition) is 3. The third-order valence-electron chi connectivity index (χ3n) is 4.52. The number of nitrogens with two attached hydrogens (primary N) is 1. The summed E-state index contributed by atoms with van der Waals surface area (Å²) >= 11 is 0. The Balaban J connectivity index is 1.87. The topological polar surface area (TPSA) is 47.3 Å². The first-order valence-electron chi connectivity index (χ1n) is 6.83. The molecule has 0 aromatic carbocycles. The van der Waals surface area contributed by atoms with Gasteiger partial charge in [-0.3, -0.25) is 0 Å². The van der Waals surface area contributed by atoms with E-state index in [1.54, 1.807) is 0 Å². The molecule has 0 bridgehead atoms. The van der Waals surface area contributed by atoms with Crippen molar-refractivity contribution in [1.82, 2.24) is 5.32 Å². The van der Waals surface area contributed by atoms with Crippen LogP contribution >= 0.6 is 0 Å². The molecule has 0 amide bonds. The molecule has 3 nitrogen and oxygen atoms in total. The molecule has 2 fully saturated rings. The average Bonchev–Trinajstić information content (AvgIpc) is 2.82. The van der Waals surface area contributed by atoms with Gasteiger partial charge >= 0.3 is 0 Å². The summed E-state index contributed by atoms with van der Waals surface area (Å²) in [5.41, 5.74) is 6.19. The van der Waals surface area contributed by atoms with E-state index in [-0.39, 0.29) is 5.54 Å². The van der Waals surface area contributed by atoms with Gasteiger partial charge in [0.1, 0.15) is 0 Å². The van der Waals surface area contributed by atoms with Crippen LogP contribution in [0.2, 0.25) is 0 Å². The van der Waals surface area contributed by atoms with Crippen molar-refractivity contribution in [3.8, 4) is 0 Å². The lowest BCUT2D eigenvalue weighted by Crippen LogP contribution is -2.58. The van der Waals surface area contributed by atoms with E-state index in [9.17, 15) is 0 Å². The van der Waals surface area contributed by atoms with E-state index < -0.39 is 0 Å². The van der Waals surface area contributed by atoms with Crippen LogP contribution in [0.25, 0.3) is 0 Å². The van der Waals surface area contributed by atoms with Crippen molar-refractivity contribution < 1.29 is 4.74 Å². The van der Waals surface area contributed by atoms with Crippen LogP contribution < -0.4 is 11.1 Å². The van der Waals surface area contributed by atoms with E-state index in [4.69, 9.17) is 10.5 Å². The van der Waals surface area contributed by atoms with Crippen LogP contribution in [0.4, 0.5) is 0 Å². The summed E-state index contributed by atoms with van der Waals surface area (Å²) in [6.45, 7) is 5.04. The van der Waals surface area contributed by atoms with Crippen molar-refractivity contribution in [1.29, 1.82) is 0 Å². The van der Waals surface area contributed by atoms with Crippen molar-refractivity contribution in [2.45, 2.75) is 57.1 Å². The van der Waals surface area contributed by atoms with Crippen molar-refractivity contribution >= 4 is 0 Å². The normalized spacial score (nSPS) is 40.1. The van der Waals surface area contributed by atoms with Crippen molar-refractivity contribution in [2.75, 3.05) is 19.7 Å². The minimum Gasteiger partial charge on any atom is -0.377 e. The zero-order valence-electron chi connectivity index (χ0n) is 10.5. The predicted molar refractivity (Wildman–Crippen MR) is 66.4 cm³/mol. The van der Waals surface area contributed by atoms with Crippen LogP contribution in [0.5, 0.6) is 0 Å². The van der Waals surface area contributed by atoms with Gasteiger partial charge in [0.25, 0.3) is 0 Å². The highest BCUT2D eigenvalue weighted by Crippen LogP contribution is 2.33. The van der Waals surface area contributed by atoms with E-state index in [1.807, 2.05) is 0 Å². The molecule has 1 saturated carbocycles. The van der Waals surface area contributed by atoms with Crippen molar-refractivity contribution in [3.05, 3.63) is 0 Å². The first-order valence-corrected chi connectivity index (χ1v) is 6.83. The van der Waals surface area contributed by atoms with Gasteiger partial charge in [0.05, 0.1) is 6.10 Å². The van der Waals surface area contributed by atoms with E-state index in [1.165, 1.54) is 38.5 Å². The first kappa shape index (κ1) is 12.3. The van der Waals surface area contributed by atoms with Gasteiger partial charge in [0.2, 0.25) is 0 Å². The molecule has 0 aromatic rings. The lowest BCUT2D eigenvalue weighted by Gasteiger charge is -2.43. The second-order valence-electron chi connectivity index (χ2n) is 5.52. The third-order valence-corrected chi connectivity index (χ3v) is 4.52. The van der Waals surface area contributed by atoms with Crippen LogP contribution in [0.15, 0.2) is 0 Å². The fourth-order valence-corrected chi connectivity index (χ4v) is 3.17. The zero-order chi connectivity index (χ0) is 11.4. The molecule has 0 aromatic heterocycles. The second-order valence-corrected chi connectivity index (χ2v) is 5.52. The van der Waals surface area contributed by atoms with E-state index in [0.717, 1.165) is 19.7 Å². The zero-order valence-corrected chi connectivity index (χ0v) is 10.5. The Kier molecular flexibility index (Phi) is 4.22. The summed E-state index contributed by atoms with van der Waals surface area (Å²) in [6.07, 6.45) is 8.09. The lowest BCUT2D eigenvalue weighted by molar-refractivity contribution is 0.0838. The number of rotatable bonds is 4. The number of hydrogen-bond donors (Lipinski definition) is 2. The van der Waals surface area contributed by atoms with Gasteiger partial charge in [0.15, 0.2) is 0 Å². The summed E-state index contributed by atoms with van der Waals surface area (Å²) < 4.78 is 5.67. The maximum Gasteiger partial charge on any atom is 0.0700 e. The fraction of sp³-hybridized carbons (Fsp3) is 1.00. The van der Waals surface area contributed by atoms with Gasteiger partial charge in [-0.05, 0) is 31.6 Å². The fourth-order valence-electron chi connectivity index (χ4n) is 3.17. The molecule has 2 aliphatic rings. The summed E-state index contributed by atoms with van der Waals surface area (Å²) in [7, 11) is 0. The minimum absolute atomic E-state index is 0.185. The summed E-state index contributed by atoms with van der Waals surface area (Å²) in [5.74, 6) is 0.702. The molecule has 1 heterocycles. The Morgan fingerprint density at radius 3 is 2.81 bits per heavy atom. The predicted octanol–water partition coefficient (Wildman–Crippen LogP) is 1.66. The monoisotopic (exact) mass is 226 g/mol. The van der Waals surface area contributed by atoms with Gasteiger partial charge in [-0.25, -0.2) is 0 Å². The van der Waals surface area contributed by atoms with Gasteiger partial charge in [-0.15, -0.1) is 0 Å². The van der Waals surface area contributed by atoms with Crippen molar-refractivity contribution in [3.63, 3.8) is 0 Å². The summed E-state index contributed by atoms with van der Waals surface area (Å²) in [4.78, 5) is 0. The van der Waals surface area contributed by atoms with E-state index >= 15 is 0 Å². The van der Waals surface area contributed by atoms with Gasteiger partial charge in [0, 0.05) is 25.2 Å². The number of nitrogens with one attached hydrogen (secondary N) is 1. The Labute approximate surface area is 99.1 Å². The largest absolute Gasteiger partial charge is 0.377 e. The molecule has 1 aliphatic carbocycles. The van der Waals surface area contributed by atoms with Crippen LogP contribution in [0.1, 0.15) is 45.4 Å². The molecule has 3 unspecified atom stereocenters. The third kappa shape index (κ3) is 2.58. The SMILES string of the molecule is CC1CCCCC1(CN)NCC1CCCO1. The minimum atomic E-state index is 0.185. The van der Waals surface area contributed by atoms with Gasteiger partial charge < -0.3 is 15.8 Å². The lowest BCUT2D eigenvalue weighted by atomic mass is 9.73. The highest BCUT2D eigenvalue weighted by molar-refractivity contribution is 4.97. The molecule has 3 heteroatoms. The Bertz CT molecular complexity index is 216. The highest BCUT2D eigenvalue weighted by Gasteiger charge is 2.37. The van der Waals surface area contributed by atoms with E-state index in [0.29, 0.717) is 12.0 Å². The van der Waals surface area contributed by atoms with Gasteiger partial charge in [-0.1, -0.05) is 19.8 Å².